The predicted molar refractivity (Wildman–Crippen MR) is 104 cm³/mol. The SMILES string of the molecule is COc1ccccc1Cn1c2ccccc2c2cc(C(=N)N=N)ccc21. The number of nitrogens with one attached hydrogen (secondary N) is 2. The summed E-state index contributed by atoms with van der Waals surface area (Å²) in [5, 5.41) is 13.3. The Morgan fingerprint density at radius 1 is 0.962 bits per heavy atom. The van der Waals surface area contributed by atoms with Crippen LogP contribution >= 0.6 is 0 Å². The third kappa shape index (κ3) is 2.54. The molecule has 0 aliphatic carbocycles. The van der Waals surface area contributed by atoms with E-state index in [9.17, 15) is 0 Å². The van der Waals surface area contributed by atoms with E-state index < -0.39 is 0 Å². The van der Waals surface area contributed by atoms with Crippen LogP contribution in [-0.2, 0) is 6.54 Å². The van der Waals surface area contributed by atoms with Gasteiger partial charge in [-0.25, -0.2) is 5.53 Å². The molecule has 0 atom stereocenters. The molecule has 0 bridgehead atoms. The van der Waals surface area contributed by atoms with E-state index in [0.29, 0.717) is 12.1 Å². The van der Waals surface area contributed by atoms with Crippen LogP contribution in [0.1, 0.15) is 11.1 Å². The van der Waals surface area contributed by atoms with Gasteiger partial charge in [-0.15, -0.1) is 5.11 Å². The van der Waals surface area contributed by atoms with Crippen LogP contribution in [0.5, 0.6) is 5.75 Å². The molecule has 5 nitrogen and oxygen atoms in total. The third-order valence-electron chi connectivity index (χ3n) is 4.68. The van der Waals surface area contributed by atoms with Crippen LogP contribution in [0.4, 0.5) is 0 Å². The van der Waals surface area contributed by atoms with Crippen molar-refractivity contribution in [1.82, 2.24) is 4.57 Å². The van der Waals surface area contributed by atoms with Crippen molar-refractivity contribution < 1.29 is 4.74 Å². The van der Waals surface area contributed by atoms with Crippen LogP contribution in [0, 0.1) is 10.9 Å². The highest BCUT2D eigenvalue weighted by Crippen LogP contribution is 2.31. The van der Waals surface area contributed by atoms with Gasteiger partial charge in [-0.05, 0) is 30.3 Å². The van der Waals surface area contributed by atoms with E-state index in [2.05, 4.69) is 27.9 Å². The summed E-state index contributed by atoms with van der Waals surface area (Å²) < 4.78 is 7.77. The van der Waals surface area contributed by atoms with Gasteiger partial charge in [0.05, 0.1) is 13.7 Å². The van der Waals surface area contributed by atoms with Crippen LogP contribution in [0.3, 0.4) is 0 Å². The first-order valence-corrected chi connectivity index (χ1v) is 8.32. The normalized spacial score (nSPS) is 11.0. The Labute approximate surface area is 150 Å². The minimum absolute atomic E-state index is 0.0338. The van der Waals surface area contributed by atoms with E-state index in [-0.39, 0.29) is 5.84 Å². The molecule has 0 saturated carbocycles. The fourth-order valence-corrected chi connectivity index (χ4v) is 3.44. The molecular weight excluding hydrogens is 324 g/mol. The average molecular weight is 342 g/mol. The Morgan fingerprint density at radius 2 is 1.69 bits per heavy atom. The molecule has 0 spiro atoms. The smallest absolute Gasteiger partial charge is 0.173 e. The quantitative estimate of drug-likeness (QED) is 0.298. The second-order valence-electron chi connectivity index (χ2n) is 6.11. The number of hydrogen-bond acceptors (Lipinski definition) is 3. The van der Waals surface area contributed by atoms with Gasteiger partial charge in [0.2, 0.25) is 0 Å². The lowest BCUT2D eigenvalue weighted by Gasteiger charge is -2.11. The highest BCUT2D eigenvalue weighted by atomic mass is 16.5. The lowest BCUT2D eigenvalue weighted by molar-refractivity contribution is 0.409. The molecule has 4 rings (SSSR count). The summed E-state index contributed by atoms with van der Waals surface area (Å²) in [6.45, 7) is 0.688. The molecule has 1 aromatic heterocycles. The molecule has 0 fully saturated rings. The maximum Gasteiger partial charge on any atom is 0.173 e. The molecule has 5 heteroatoms. The number of aromatic nitrogens is 1. The molecule has 0 aliphatic rings. The van der Waals surface area contributed by atoms with E-state index in [0.717, 1.165) is 33.1 Å². The first-order valence-electron chi connectivity index (χ1n) is 8.32. The molecule has 4 aromatic rings. The molecule has 0 saturated heterocycles. The molecule has 26 heavy (non-hydrogen) atoms. The molecule has 0 amide bonds. The zero-order valence-corrected chi connectivity index (χ0v) is 14.4. The van der Waals surface area contributed by atoms with Crippen molar-refractivity contribution in [3.63, 3.8) is 0 Å². The Kier molecular flexibility index (Phi) is 3.97. The topological polar surface area (TPSA) is 74.2 Å². The Hall–Kier alpha value is -3.47. The number of ether oxygens (including phenoxy) is 1. The molecule has 2 N–H and O–H groups in total. The fourth-order valence-electron chi connectivity index (χ4n) is 3.44. The first kappa shape index (κ1) is 16.0. The summed E-state index contributed by atoms with van der Waals surface area (Å²) >= 11 is 0. The van der Waals surface area contributed by atoms with Gasteiger partial charge in [0.25, 0.3) is 0 Å². The zero-order chi connectivity index (χ0) is 18.1. The molecule has 1 heterocycles. The lowest BCUT2D eigenvalue weighted by Crippen LogP contribution is -2.02. The first-order chi connectivity index (χ1) is 12.7. The van der Waals surface area contributed by atoms with Gasteiger partial charge in [0.15, 0.2) is 5.84 Å². The van der Waals surface area contributed by atoms with Crippen LogP contribution in [0.2, 0.25) is 0 Å². The van der Waals surface area contributed by atoms with E-state index in [4.69, 9.17) is 15.7 Å². The van der Waals surface area contributed by atoms with E-state index >= 15 is 0 Å². The summed E-state index contributed by atoms with van der Waals surface area (Å²) in [5.74, 6) is 0.832. The van der Waals surface area contributed by atoms with Crippen LogP contribution in [0.25, 0.3) is 21.8 Å². The van der Waals surface area contributed by atoms with Gasteiger partial charge in [-0.1, -0.05) is 36.4 Å². The Balaban J connectivity index is 1.96. The van der Waals surface area contributed by atoms with E-state index in [1.54, 1.807) is 7.11 Å². The predicted octanol–water partition coefficient (Wildman–Crippen LogP) is 5.21. The standard InChI is InChI=1S/C21H18N4O/c1-26-20-9-5-2-6-15(20)13-25-18-8-4-3-7-16(18)17-12-14(21(22)24-23)10-11-19(17)25/h2-12,22-23H,13H2,1H3. The maximum atomic E-state index is 7.82. The Morgan fingerprint density at radius 3 is 2.50 bits per heavy atom. The number of amidine groups is 1. The van der Waals surface area contributed by atoms with Gasteiger partial charge < -0.3 is 9.30 Å². The number of methoxy groups -OCH3 is 1. The molecule has 128 valence electrons. The molecule has 0 aliphatic heterocycles. The number of fused-ring (bicyclic) bond motifs is 3. The monoisotopic (exact) mass is 342 g/mol. The second kappa shape index (κ2) is 6.44. The van der Waals surface area contributed by atoms with Crippen molar-refractivity contribution in [3.05, 3.63) is 77.9 Å². The summed E-state index contributed by atoms with van der Waals surface area (Å²) in [5.41, 5.74) is 11.1. The second-order valence-corrected chi connectivity index (χ2v) is 6.11. The number of benzene rings is 3. The minimum atomic E-state index is -0.0338. The van der Waals surface area contributed by atoms with Gasteiger partial charge in [-0.2, -0.15) is 0 Å². The highest BCUT2D eigenvalue weighted by Gasteiger charge is 2.13. The maximum absolute atomic E-state index is 7.82. The summed E-state index contributed by atoms with van der Waals surface area (Å²) in [6.07, 6.45) is 0. The Bertz CT molecular complexity index is 1140. The van der Waals surface area contributed by atoms with Crippen molar-refractivity contribution in [3.8, 4) is 5.75 Å². The highest BCUT2D eigenvalue weighted by molar-refractivity contribution is 6.11. The molecule has 3 aromatic carbocycles. The number of nitrogens with zero attached hydrogens (tertiary/aromatic N) is 2. The van der Waals surface area contributed by atoms with Crippen molar-refractivity contribution in [2.45, 2.75) is 6.54 Å². The minimum Gasteiger partial charge on any atom is -0.496 e. The van der Waals surface area contributed by atoms with Crippen LogP contribution < -0.4 is 4.74 Å². The fraction of sp³-hybridized carbons (Fsp3) is 0.0952. The van der Waals surface area contributed by atoms with Crippen molar-refractivity contribution in [1.29, 1.82) is 10.9 Å². The number of rotatable bonds is 4. The lowest BCUT2D eigenvalue weighted by atomic mass is 10.1. The van der Waals surface area contributed by atoms with Gasteiger partial charge in [-0.3, -0.25) is 5.41 Å². The largest absolute Gasteiger partial charge is 0.496 e. The van der Waals surface area contributed by atoms with Crippen LogP contribution in [-0.4, -0.2) is 17.5 Å². The molecule has 0 radical (unpaired) electrons. The summed E-state index contributed by atoms with van der Waals surface area (Å²) in [4.78, 5) is 0. The van der Waals surface area contributed by atoms with Gasteiger partial charge in [0, 0.05) is 32.9 Å². The van der Waals surface area contributed by atoms with Crippen molar-refractivity contribution in [2.75, 3.05) is 7.11 Å². The van der Waals surface area contributed by atoms with Gasteiger partial charge in [0.1, 0.15) is 5.75 Å². The van der Waals surface area contributed by atoms with Gasteiger partial charge >= 0.3 is 0 Å². The van der Waals surface area contributed by atoms with Crippen LogP contribution in [0.15, 0.2) is 71.8 Å². The van der Waals surface area contributed by atoms with E-state index in [1.807, 2.05) is 48.5 Å². The summed E-state index contributed by atoms with van der Waals surface area (Å²) in [7, 11) is 1.69. The van der Waals surface area contributed by atoms with E-state index in [1.165, 1.54) is 0 Å². The number of para-hydroxylation sites is 2. The number of hydrogen-bond donors (Lipinski definition) is 2. The molecule has 0 unspecified atom stereocenters. The van der Waals surface area contributed by atoms with Crippen molar-refractivity contribution >= 4 is 27.6 Å². The van der Waals surface area contributed by atoms with Crippen molar-refractivity contribution in [2.24, 2.45) is 5.11 Å². The molecular formula is C21H18N4O. The average Bonchev–Trinajstić information content (AvgIpc) is 3.01. The third-order valence-corrected chi connectivity index (χ3v) is 4.68. The summed E-state index contributed by atoms with van der Waals surface area (Å²) in [6, 6.07) is 22.0. The zero-order valence-electron chi connectivity index (χ0n) is 14.4.